The lowest BCUT2D eigenvalue weighted by Gasteiger charge is -2.32. The summed E-state index contributed by atoms with van der Waals surface area (Å²) in [6, 6.07) is 0. The second kappa shape index (κ2) is 7.66. The molecule has 3 fully saturated rings. The van der Waals surface area contributed by atoms with Crippen molar-refractivity contribution in [3.63, 3.8) is 0 Å². The standard InChI is InChI=1S/C18H26O6/c1-2-17(20)22-10-13-8-12(4-5-14(13)19)18(21)23-9-11-3-6-15-16(7-11)24-15/h2,11-16,19H,1,3-10H2. The van der Waals surface area contributed by atoms with Crippen molar-refractivity contribution in [1.29, 1.82) is 0 Å². The van der Waals surface area contributed by atoms with Gasteiger partial charge in [-0.2, -0.15) is 0 Å². The Hall–Kier alpha value is -1.40. The van der Waals surface area contributed by atoms with Crippen LogP contribution >= 0.6 is 0 Å². The molecule has 0 aromatic rings. The van der Waals surface area contributed by atoms with Crippen LogP contribution in [0.15, 0.2) is 12.7 Å². The number of aliphatic hydroxyl groups excluding tert-OH is 1. The fraction of sp³-hybridized carbons (Fsp3) is 0.778. The summed E-state index contributed by atoms with van der Waals surface area (Å²) in [5.74, 6) is -0.758. The van der Waals surface area contributed by atoms with Crippen molar-refractivity contribution in [3.05, 3.63) is 12.7 Å². The average molecular weight is 338 g/mol. The third kappa shape index (κ3) is 4.36. The molecule has 2 saturated carbocycles. The number of ether oxygens (including phenoxy) is 3. The SMILES string of the molecule is C=CC(=O)OCC1CC(C(=O)OCC2CCC3OC3C2)CCC1O. The Balaban J connectivity index is 1.42. The van der Waals surface area contributed by atoms with Gasteiger partial charge in [-0.1, -0.05) is 6.58 Å². The zero-order chi connectivity index (χ0) is 17.1. The van der Waals surface area contributed by atoms with Crippen molar-refractivity contribution in [2.75, 3.05) is 13.2 Å². The topological polar surface area (TPSA) is 85.4 Å². The molecular weight excluding hydrogens is 312 g/mol. The number of carbonyl (C=O) groups excluding carboxylic acids is 2. The average Bonchev–Trinajstić information content (AvgIpc) is 3.37. The molecule has 0 bridgehead atoms. The van der Waals surface area contributed by atoms with Gasteiger partial charge in [-0.25, -0.2) is 4.79 Å². The van der Waals surface area contributed by atoms with Crippen LogP contribution in [0.1, 0.15) is 38.5 Å². The normalized spacial score (nSPS) is 37.9. The first-order valence-electron chi connectivity index (χ1n) is 8.86. The molecule has 24 heavy (non-hydrogen) atoms. The Morgan fingerprint density at radius 3 is 2.67 bits per heavy atom. The Kier molecular flexibility index (Phi) is 5.56. The quantitative estimate of drug-likeness (QED) is 0.450. The molecule has 134 valence electrons. The second-order valence-corrected chi connectivity index (χ2v) is 7.19. The van der Waals surface area contributed by atoms with E-state index in [0.29, 0.717) is 44.0 Å². The van der Waals surface area contributed by atoms with Crippen LogP contribution in [0.4, 0.5) is 0 Å². The van der Waals surface area contributed by atoms with E-state index in [1.807, 2.05) is 0 Å². The van der Waals surface area contributed by atoms with Gasteiger partial charge in [-0.05, 0) is 44.4 Å². The summed E-state index contributed by atoms with van der Waals surface area (Å²) in [4.78, 5) is 23.5. The molecule has 6 atom stereocenters. The number of rotatable bonds is 6. The molecule has 3 rings (SSSR count). The van der Waals surface area contributed by atoms with Crippen LogP contribution in [-0.4, -0.2) is 48.6 Å². The number of hydrogen-bond acceptors (Lipinski definition) is 6. The van der Waals surface area contributed by atoms with Crippen LogP contribution in [0.25, 0.3) is 0 Å². The molecule has 1 N–H and O–H groups in total. The van der Waals surface area contributed by atoms with E-state index in [9.17, 15) is 14.7 Å². The molecule has 1 heterocycles. The summed E-state index contributed by atoms with van der Waals surface area (Å²) < 4.78 is 16.0. The number of epoxide rings is 1. The van der Waals surface area contributed by atoms with Crippen LogP contribution in [0, 0.1) is 17.8 Å². The van der Waals surface area contributed by atoms with E-state index in [2.05, 4.69) is 6.58 Å². The number of esters is 2. The third-order valence-electron chi connectivity index (χ3n) is 5.46. The summed E-state index contributed by atoms with van der Waals surface area (Å²) in [7, 11) is 0. The van der Waals surface area contributed by atoms with E-state index in [0.717, 1.165) is 25.3 Å². The molecule has 3 aliphatic rings. The van der Waals surface area contributed by atoms with Crippen LogP contribution in [-0.2, 0) is 23.8 Å². The molecule has 1 aliphatic heterocycles. The largest absolute Gasteiger partial charge is 0.465 e. The minimum absolute atomic E-state index is 0.110. The van der Waals surface area contributed by atoms with Crippen molar-refractivity contribution < 1.29 is 28.9 Å². The monoisotopic (exact) mass is 338 g/mol. The Labute approximate surface area is 142 Å². The van der Waals surface area contributed by atoms with E-state index in [-0.39, 0.29) is 24.4 Å². The van der Waals surface area contributed by atoms with Gasteiger partial charge >= 0.3 is 11.9 Å². The molecule has 6 unspecified atom stereocenters. The molecule has 6 nitrogen and oxygen atoms in total. The number of hydrogen-bond donors (Lipinski definition) is 1. The van der Waals surface area contributed by atoms with Gasteiger partial charge in [0.2, 0.25) is 0 Å². The summed E-state index contributed by atoms with van der Waals surface area (Å²) >= 11 is 0. The fourth-order valence-corrected chi connectivity index (χ4v) is 3.85. The van der Waals surface area contributed by atoms with Gasteiger partial charge in [0, 0.05) is 12.0 Å². The highest BCUT2D eigenvalue weighted by Crippen LogP contribution is 2.39. The summed E-state index contributed by atoms with van der Waals surface area (Å²) in [5, 5.41) is 10.0. The van der Waals surface area contributed by atoms with Crippen molar-refractivity contribution in [3.8, 4) is 0 Å². The van der Waals surface area contributed by atoms with Gasteiger partial charge in [0.1, 0.15) is 0 Å². The maximum Gasteiger partial charge on any atom is 0.330 e. The van der Waals surface area contributed by atoms with E-state index in [1.54, 1.807) is 0 Å². The minimum atomic E-state index is -0.547. The van der Waals surface area contributed by atoms with Gasteiger partial charge < -0.3 is 19.3 Å². The molecule has 0 spiro atoms. The molecular formula is C18H26O6. The Morgan fingerprint density at radius 2 is 1.92 bits per heavy atom. The minimum Gasteiger partial charge on any atom is -0.465 e. The lowest BCUT2D eigenvalue weighted by molar-refractivity contribution is -0.154. The predicted octanol–water partition coefficient (Wildman–Crippen LogP) is 1.60. The number of aliphatic hydroxyl groups is 1. The maximum atomic E-state index is 12.3. The molecule has 0 aromatic carbocycles. The van der Waals surface area contributed by atoms with Gasteiger partial charge in [0.25, 0.3) is 0 Å². The first-order valence-corrected chi connectivity index (χ1v) is 8.86. The summed E-state index contributed by atoms with van der Waals surface area (Å²) in [6.45, 7) is 3.91. The fourth-order valence-electron chi connectivity index (χ4n) is 3.85. The molecule has 2 aliphatic carbocycles. The van der Waals surface area contributed by atoms with Crippen LogP contribution in [0.2, 0.25) is 0 Å². The number of fused-ring (bicyclic) bond motifs is 1. The third-order valence-corrected chi connectivity index (χ3v) is 5.46. The molecule has 6 heteroatoms. The van der Waals surface area contributed by atoms with Gasteiger partial charge in [0.15, 0.2) is 0 Å². The lowest BCUT2D eigenvalue weighted by atomic mass is 9.80. The first-order chi connectivity index (χ1) is 11.6. The van der Waals surface area contributed by atoms with E-state index in [4.69, 9.17) is 14.2 Å². The van der Waals surface area contributed by atoms with Crippen LogP contribution < -0.4 is 0 Å². The van der Waals surface area contributed by atoms with Crippen molar-refractivity contribution in [2.45, 2.75) is 56.8 Å². The van der Waals surface area contributed by atoms with Crippen LogP contribution in [0.3, 0.4) is 0 Å². The van der Waals surface area contributed by atoms with E-state index < -0.39 is 12.1 Å². The molecule has 0 amide bonds. The van der Waals surface area contributed by atoms with Gasteiger partial charge in [-0.15, -0.1) is 0 Å². The highest BCUT2D eigenvalue weighted by Gasteiger charge is 2.44. The summed E-state index contributed by atoms with van der Waals surface area (Å²) in [6.07, 6.45) is 6.13. The van der Waals surface area contributed by atoms with Gasteiger partial charge in [-0.3, -0.25) is 4.79 Å². The maximum absolute atomic E-state index is 12.3. The first kappa shape index (κ1) is 17.4. The highest BCUT2D eigenvalue weighted by atomic mass is 16.6. The predicted molar refractivity (Wildman–Crippen MR) is 85.0 cm³/mol. The molecule has 1 saturated heterocycles. The van der Waals surface area contributed by atoms with E-state index in [1.165, 1.54) is 0 Å². The Morgan fingerprint density at radius 1 is 1.08 bits per heavy atom. The summed E-state index contributed by atoms with van der Waals surface area (Å²) in [5.41, 5.74) is 0. The molecule has 0 aromatic heterocycles. The molecule has 0 radical (unpaired) electrons. The van der Waals surface area contributed by atoms with Crippen molar-refractivity contribution in [2.24, 2.45) is 17.8 Å². The smallest absolute Gasteiger partial charge is 0.330 e. The van der Waals surface area contributed by atoms with Crippen molar-refractivity contribution in [1.82, 2.24) is 0 Å². The second-order valence-electron chi connectivity index (χ2n) is 7.19. The lowest BCUT2D eigenvalue weighted by Crippen LogP contribution is -2.36. The van der Waals surface area contributed by atoms with Crippen LogP contribution in [0.5, 0.6) is 0 Å². The van der Waals surface area contributed by atoms with Gasteiger partial charge in [0.05, 0.1) is 37.4 Å². The van der Waals surface area contributed by atoms with E-state index >= 15 is 0 Å². The van der Waals surface area contributed by atoms with Crippen molar-refractivity contribution >= 4 is 11.9 Å². The highest BCUT2D eigenvalue weighted by molar-refractivity contribution is 5.81. The Bertz CT molecular complexity index is 490. The zero-order valence-electron chi connectivity index (χ0n) is 13.9. The zero-order valence-corrected chi connectivity index (χ0v) is 13.9. The number of carbonyl (C=O) groups is 2.